The number of benzene rings is 9. The van der Waals surface area contributed by atoms with E-state index in [1.54, 1.807) is 0 Å². The molecule has 0 saturated heterocycles. The van der Waals surface area contributed by atoms with Gasteiger partial charge < -0.3 is 4.79 Å². The molecule has 5 heteroatoms. The van der Waals surface area contributed by atoms with Gasteiger partial charge in [0.15, 0.2) is 0 Å². The SMILES string of the molecule is [CH-]=O.[Ru+].c1ccc(P(c2ccccc2)c2ccccc2)cc1.c1ccc(P(c2ccccc2)c2ccccc2)cc1.c1ccc(P(c2ccccc2)c2ccccc2)cc1. The van der Waals surface area contributed by atoms with Crippen molar-refractivity contribution in [3.63, 3.8) is 0 Å². The topological polar surface area (TPSA) is 17.1 Å². The van der Waals surface area contributed by atoms with E-state index >= 15 is 0 Å². The summed E-state index contributed by atoms with van der Waals surface area (Å²) in [7, 11) is -1.34. The van der Waals surface area contributed by atoms with Crippen molar-refractivity contribution in [3.05, 3.63) is 273 Å². The standard InChI is InChI=1S/3C18H15P.CHO.Ru/c3*1-4-10-16(11-5-1)19(17-12-6-2-7-13-17)18-14-8-3-9-15-18;1-2;/h3*1-15H;1H;/q;;;-1;+1. The molecule has 1 nitrogen and oxygen atoms in total. The first kappa shape index (κ1) is 45.6. The molecule has 0 saturated carbocycles. The van der Waals surface area contributed by atoms with E-state index in [9.17, 15) is 0 Å². The monoisotopic (exact) mass is 917 g/mol. The van der Waals surface area contributed by atoms with Crippen molar-refractivity contribution in [1.29, 1.82) is 0 Å². The summed E-state index contributed by atoms with van der Waals surface area (Å²) in [5.74, 6) is 0. The van der Waals surface area contributed by atoms with Crippen molar-refractivity contribution in [1.82, 2.24) is 0 Å². The summed E-state index contributed by atoms with van der Waals surface area (Å²) in [5, 5.41) is 12.6. The summed E-state index contributed by atoms with van der Waals surface area (Å²) >= 11 is 0. The van der Waals surface area contributed by atoms with Crippen LogP contribution in [0.2, 0.25) is 0 Å². The predicted molar refractivity (Wildman–Crippen MR) is 262 cm³/mol. The minimum atomic E-state index is -0.446. The van der Waals surface area contributed by atoms with Gasteiger partial charge in [-0.15, -0.1) is 0 Å². The molecule has 0 amide bonds. The van der Waals surface area contributed by atoms with E-state index in [2.05, 4.69) is 280 Å². The largest absolute Gasteiger partial charge is 1.00 e. The van der Waals surface area contributed by atoms with E-state index in [0.29, 0.717) is 0 Å². The Labute approximate surface area is 373 Å². The van der Waals surface area contributed by atoms with Crippen LogP contribution in [0.4, 0.5) is 0 Å². The summed E-state index contributed by atoms with van der Waals surface area (Å²) in [5.41, 5.74) is 0. The third kappa shape index (κ3) is 13.3. The van der Waals surface area contributed by atoms with E-state index in [4.69, 9.17) is 4.79 Å². The molecule has 0 aliphatic carbocycles. The summed E-state index contributed by atoms with van der Waals surface area (Å²) < 4.78 is 0. The summed E-state index contributed by atoms with van der Waals surface area (Å²) in [6.07, 6.45) is 0. The predicted octanol–water partition coefficient (Wildman–Crippen LogP) is 10.1. The van der Waals surface area contributed by atoms with Crippen LogP contribution < -0.4 is 47.7 Å². The van der Waals surface area contributed by atoms with Crippen LogP contribution in [0.25, 0.3) is 0 Å². The van der Waals surface area contributed by atoms with Gasteiger partial charge in [0.25, 0.3) is 0 Å². The van der Waals surface area contributed by atoms with Gasteiger partial charge in [-0.3, -0.25) is 6.79 Å². The second-order valence-electron chi connectivity index (χ2n) is 13.0. The molecule has 60 heavy (non-hydrogen) atoms. The van der Waals surface area contributed by atoms with Crippen LogP contribution in [0.15, 0.2) is 273 Å². The van der Waals surface area contributed by atoms with Crippen molar-refractivity contribution in [2.75, 3.05) is 0 Å². The van der Waals surface area contributed by atoms with Crippen LogP contribution in [0, 0.1) is 0 Å². The zero-order chi connectivity index (χ0) is 40.7. The van der Waals surface area contributed by atoms with Crippen LogP contribution in [-0.4, -0.2) is 6.79 Å². The van der Waals surface area contributed by atoms with Gasteiger partial charge in [0, 0.05) is 0 Å². The van der Waals surface area contributed by atoms with Gasteiger partial charge in [0.1, 0.15) is 0 Å². The van der Waals surface area contributed by atoms with Gasteiger partial charge in [0.05, 0.1) is 0 Å². The zero-order valence-corrected chi connectivity index (χ0v) is 37.6. The van der Waals surface area contributed by atoms with E-state index in [-0.39, 0.29) is 19.5 Å². The molecule has 9 aromatic carbocycles. The molecule has 0 aliphatic rings. The molecule has 1 radical (unpaired) electrons. The quantitative estimate of drug-likeness (QED) is 0.0611. The van der Waals surface area contributed by atoms with Crippen LogP contribution in [0.3, 0.4) is 0 Å². The van der Waals surface area contributed by atoms with Gasteiger partial charge in [-0.1, -0.05) is 273 Å². The maximum atomic E-state index is 7.75. The second-order valence-corrected chi connectivity index (χ2v) is 19.7. The first-order valence-corrected chi connectivity index (χ1v) is 23.5. The molecule has 295 valence electrons. The molecule has 9 aromatic rings. The third-order valence-corrected chi connectivity index (χ3v) is 16.5. The summed E-state index contributed by atoms with van der Waals surface area (Å²) in [4.78, 5) is 7.75. The van der Waals surface area contributed by atoms with Crippen LogP contribution >= 0.6 is 23.8 Å². The fourth-order valence-electron chi connectivity index (χ4n) is 6.54. The Bertz CT molecular complexity index is 1890. The molecule has 0 N–H and O–H groups in total. The minimum Gasteiger partial charge on any atom is -0.545 e. The third-order valence-electron chi connectivity index (χ3n) is 9.13. The van der Waals surface area contributed by atoms with E-state index < -0.39 is 23.8 Å². The molecule has 0 fully saturated rings. The Balaban J connectivity index is 0.000000166. The van der Waals surface area contributed by atoms with Crippen molar-refractivity contribution in [2.24, 2.45) is 0 Å². The van der Waals surface area contributed by atoms with Crippen LogP contribution in [0.5, 0.6) is 0 Å². The van der Waals surface area contributed by atoms with Crippen molar-refractivity contribution < 1.29 is 24.3 Å². The minimum absolute atomic E-state index is 0. The molecule has 9 rings (SSSR count). The molecule has 0 heterocycles. The zero-order valence-electron chi connectivity index (χ0n) is 33.2. The second kappa shape index (κ2) is 25.9. The Hall–Kier alpha value is -5.44. The van der Waals surface area contributed by atoms with Crippen LogP contribution in [-0.2, 0) is 24.3 Å². The normalized spacial score (nSPS) is 10.1. The summed E-state index contributed by atoms with van der Waals surface area (Å²) in [6.45, 7) is 3.25. The smallest absolute Gasteiger partial charge is 0.545 e. The van der Waals surface area contributed by atoms with Gasteiger partial charge in [-0.25, -0.2) is 0 Å². The van der Waals surface area contributed by atoms with Crippen molar-refractivity contribution >= 4 is 78.3 Å². The molecule has 0 atom stereocenters. The summed E-state index contributed by atoms with van der Waals surface area (Å²) in [6, 6.07) is 97.0. The van der Waals surface area contributed by atoms with Crippen molar-refractivity contribution in [2.45, 2.75) is 0 Å². The number of hydrogen-bond donors (Lipinski definition) is 0. The maximum absolute atomic E-state index is 7.75. The fraction of sp³-hybridized carbons (Fsp3) is 0. The van der Waals surface area contributed by atoms with Gasteiger partial charge in [-0.2, -0.15) is 0 Å². The fourth-order valence-corrected chi connectivity index (χ4v) is 13.5. The Kier molecular flexibility index (Phi) is 19.7. The number of hydrogen-bond acceptors (Lipinski definition) is 1. The van der Waals surface area contributed by atoms with E-state index in [1.165, 1.54) is 47.7 Å². The average molecular weight is 917 g/mol. The van der Waals surface area contributed by atoms with Crippen molar-refractivity contribution in [3.8, 4) is 0 Å². The molecule has 0 spiro atoms. The Morgan fingerprint density at radius 2 is 0.267 bits per heavy atom. The first-order valence-electron chi connectivity index (χ1n) is 19.4. The molecule has 0 aliphatic heterocycles. The Morgan fingerprint density at radius 3 is 0.350 bits per heavy atom. The molecular formula is C55H46OP3Ru. The first-order chi connectivity index (χ1) is 29.3. The van der Waals surface area contributed by atoms with Crippen LogP contribution in [0.1, 0.15) is 0 Å². The molecular weight excluding hydrogens is 871 g/mol. The van der Waals surface area contributed by atoms with E-state index in [0.717, 1.165) is 0 Å². The molecule has 0 unspecified atom stereocenters. The maximum Gasteiger partial charge on any atom is 1.00 e. The van der Waals surface area contributed by atoms with Gasteiger partial charge in [-0.05, 0) is 71.5 Å². The number of carbonyl (C=O) groups excluding carboxylic acids is 1. The molecule has 0 bridgehead atoms. The number of rotatable bonds is 9. The van der Waals surface area contributed by atoms with E-state index in [1.807, 2.05) is 0 Å². The Morgan fingerprint density at radius 1 is 0.183 bits per heavy atom. The average Bonchev–Trinajstić information content (AvgIpc) is 3.34. The van der Waals surface area contributed by atoms with Gasteiger partial charge in [0.2, 0.25) is 0 Å². The molecule has 0 aromatic heterocycles. The van der Waals surface area contributed by atoms with Gasteiger partial charge >= 0.3 is 19.5 Å².